The van der Waals surface area contributed by atoms with Crippen LogP contribution in [0.3, 0.4) is 0 Å². The van der Waals surface area contributed by atoms with E-state index >= 15 is 0 Å². The molecule has 1 aromatic carbocycles. The van der Waals surface area contributed by atoms with E-state index in [2.05, 4.69) is 15.3 Å². The molecular weight excluding hydrogens is 279 g/mol. The van der Waals surface area contributed by atoms with E-state index in [0.717, 1.165) is 12.3 Å². The zero-order valence-electron chi connectivity index (χ0n) is 11.5. The Morgan fingerprint density at radius 1 is 1.48 bits per heavy atom. The molecule has 8 heteroatoms. The van der Waals surface area contributed by atoms with Crippen LogP contribution in [0.5, 0.6) is 5.75 Å². The highest BCUT2D eigenvalue weighted by molar-refractivity contribution is 5.70. The summed E-state index contributed by atoms with van der Waals surface area (Å²) in [4.78, 5) is 18.4. The summed E-state index contributed by atoms with van der Waals surface area (Å²) in [5, 5.41) is 13.9. The summed E-state index contributed by atoms with van der Waals surface area (Å²) in [6.07, 6.45) is 1.10. The second-order valence-corrected chi connectivity index (χ2v) is 4.06. The van der Waals surface area contributed by atoms with E-state index < -0.39 is 10.7 Å². The van der Waals surface area contributed by atoms with E-state index in [9.17, 15) is 14.5 Å². The molecule has 2 aromatic rings. The van der Waals surface area contributed by atoms with E-state index in [0.29, 0.717) is 6.54 Å². The maximum Gasteiger partial charge on any atom is 0.313 e. The fraction of sp³-hybridized carbons (Fsp3) is 0.231. The van der Waals surface area contributed by atoms with Crippen LogP contribution in [0.4, 0.5) is 16.0 Å². The highest BCUT2D eigenvalue weighted by atomic mass is 19.1. The lowest BCUT2D eigenvalue weighted by Crippen LogP contribution is -2.05. The fourth-order valence-electron chi connectivity index (χ4n) is 1.78. The summed E-state index contributed by atoms with van der Waals surface area (Å²) < 4.78 is 18.6. The largest absolute Gasteiger partial charge is 0.494 e. The Balaban J connectivity index is 2.56. The van der Waals surface area contributed by atoms with Crippen molar-refractivity contribution in [2.45, 2.75) is 6.92 Å². The van der Waals surface area contributed by atoms with Crippen LogP contribution in [-0.2, 0) is 0 Å². The molecule has 0 aliphatic rings. The number of nitrogens with zero attached hydrogens (tertiary/aromatic N) is 3. The average Bonchev–Trinajstić information content (AvgIpc) is 2.47. The molecule has 1 N–H and O–H groups in total. The number of nitro groups is 1. The first kappa shape index (κ1) is 14.6. The molecule has 0 spiro atoms. The third kappa shape index (κ3) is 3.04. The molecular formula is C13H13FN4O3. The van der Waals surface area contributed by atoms with Crippen molar-refractivity contribution in [3.8, 4) is 17.0 Å². The third-order valence-electron chi connectivity index (χ3n) is 2.73. The normalized spacial score (nSPS) is 10.2. The van der Waals surface area contributed by atoms with E-state index in [1.54, 1.807) is 0 Å². The first-order valence-electron chi connectivity index (χ1n) is 6.16. The van der Waals surface area contributed by atoms with Crippen molar-refractivity contribution < 1.29 is 14.1 Å². The van der Waals surface area contributed by atoms with Gasteiger partial charge in [0.15, 0.2) is 17.3 Å². The van der Waals surface area contributed by atoms with Crippen molar-refractivity contribution in [1.29, 1.82) is 0 Å². The number of aromatic nitrogens is 2. The highest BCUT2D eigenvalue weighted by Gasteiger charge is 2.20. The zero-order valence-corrected chi connectivity index (χ0v) is 11.5. The van der Waals surface area contributed by atoms with Crippen LogP contribution < -0.4 is 10.1 Å². The minimum atomic E-state index is -0.618. The zero-order chi connectivity index (χ0) is 15.4. The Labute approximate surface area is 120 Å². The number of hydrogen-bond acceptors (Lipinski definition) is 6. The molecule has 1 heterocycles. The Bertz CT molecular complexity index is 678. The summed E-state index contributed by atoms with van der Waals surface area (Å²) in [6.45, 7) is 2.41. The number of halogens is 1. The molecule has 0 aliphatic carbocycles. The number of benzene rings is 1. The third-order valence-corrected chi connectivity index (χ3v) is 2.73. The van der Waals surface area contributed by atoms with Crippen molar-refractivity contribution in [3.63, 3.8) is 0 Å². The number of methoxy groups -OCH3 is 1. The Hall–Kier alpha value is -2.77. The van der Waals surface area contributed by atoms with Crippen LogP contribution in [0.25, 0.3) is 11.3 Å². The average molecular weight is 292 g/mol. The van der Waals surface area contributed by atoms with E-state index in [1.165, 1.54) is 19.2 Å². The number of anilines is 1. The van der Waals surface area contributed by atoms with Gasteiger partial charge in [0, 0.05) is 12.1 Å². The van der Waals surface area contributed by atoms with Gasteiger partial charge in [0.2, 0.25) is 5.95 Å². The van der Waals surface area contributed by atoms with Gasteiger partial charge in [-0.1, -0.05) is 0 Å². The number of hydrogen-bond donors (Lipinski definition) is 1. The van der Waals surface area contributed by atoms with Crippen molar-refractivity contribution in [2.75, 3.05) is 19.0 Å². The predicted octanol–water partition coefficient (Wildman–Crippen LogP) is 2.63. The van der Waals surface area contributed by atoms with Gasteiger partial charge in [-0.25, -0.2) is 14.4 Å². The number of ether oxygens (including phenoxy) is 1. The summed E-state index contributed by atoms with van der Waals surface area (Å²) in [5.41, 5.74) is 0.0373. The molecule has 1 aromatic heterocycles. The monoisotopic (exact) mass is 292 g/mol. The first-order valence-corrected chi connectivity index (χ1v) is 6.16. The quantitative estimate of drug-likeness (QED) is 0.673. The summed E-state index contributed by atoms with van der Waals surface area (Å²) >= 11 is 0. The molecule has 0 fully saturated rings. The standard InChI is InChI=1S/C13H13FN4O3/c1-3-15-13-16-7-10(18(19)20)12(17-13)8-4-5-11(21-2)9(14)6-8/h4-7H,3H2,1-2H3,(H,15,16,17). The molecule has 2 rings (SSSR count). The van der Waals surface area contributed by atoms with Crippen LogP contribution >= 0.6 is 0 Å². The maximum absolute atomic E-state index is 13.8. The molecule has 0 amide bonds. The molecule has 0 radical (unpaired) electrons. The topological polar surface area (TPSA) is 90.2 Å². The van der Waals surface area contributed by atoms with Crippen LogP contribution in [0.15, 0.2) is 24.4 Å². The van der Waals surface area contributed by atoms with Crippen LogP contribution in [-0.4, -0.2) is 28.5 Å². The van der Waals surface area contributed by atoms with Gasteiger partial charge in [0.25, 0.3) is 0 Å². The Morgan fingerprint density at radius 3 is 2.81 bits per heavy atom. The second-order valence-electron chi connectivity index (χ2n) is 4.06. The van der Waals surface area contributed by atoms with Gasteiger partial charge in [-0.3, -0.25) is 10.1 Å². The molecule has 0 unspecified atom stereocenters. The smallest absolute Gasteiger partial charge is 0.313 e. The lowest BCUT2D eigenvalue weighted by atomic mass is 10.1. The molecule has 7 nitrogen and oxygen atoms in total. The molecule has 0 saturated carbocycles. The van der Waals surface area contributed by atoms with Gasteiger partial charge in [0.05, 0.1) is 12.0 Å². The molecule has 0 bridgehead atoms. The number of nitrogens with one attached hydrogen (secondary N) is 1. The Morgan fingerprint density at radius 2 is 2.24 bits per heavy atom. The SMILES string of the molecule is CCNc1ncc([N+](=O)[O-])c(-c2ccc(OC)c(F)c2)n1. The van der Waals surface area contributed by atoms with Gasteiger partial charge in [0.1, 0.15) is 6.20 Å². The molecule has 110 valence electrons. The summed E-state index contributed by atoms with van der Waals surface area (Å²) in [5.74, 6) is -0.315. The second kappa shape index (κ2) is 6.12. The summed E-state index contributed by atoms with van der Waals surface area (Å²) in [7, 11) is 1.34. The van der Waals surface area contributed by atoms with Crippen molar-refractivity contribution in [2.24, 2.45) is 0 Å². The van der Waals surface area contributed by atoms with E-state index in [1.807, 2.05) is 6.92 Å². The lowest BCUT2D eigenvalue weighted by molar-refractivity contribution is -0.384. The van der Waals surface area contributed by atoms with E-state index in [4.69, 9.17) is 4.74 Å². The first-order chi connectivity index (χ1) is 10.1. The van der Waals surface area contributed by atoms with Gasteiger partial charge < -0.3 is 10.1 Å². The maximum atomic E-state index is 13.8. The number of rotatable bonds is 5. The minimum Gasteiger partial charge on any atom is -0.494 e. The molecule has 0 aliphatic heterocycles. The molecule has 0 saturated heterocycles. The lowest BCUT2D eigenvalue weighted by Gasteiger charge is -2.07. The van der Waals surface area contributed by atoms with Crippen LogP contribution in [0.1, 0.15) is 6.92 Å². The van der Waals surface area contributed by atoms with Crippen molar-refractivity contribution in [3.05, 3.63) is 40.3 Å². The van der Waals surface area contributed by atoms with E-state index in [-0.39, 0.29) is 28.6 Å². The minimum absolute atomic E-state index is 0.0486. The highest BCUT2D eigenvalue weighted by Crippen LogP contribution is 2.30. The van der Waals surface area contributed by atoms with Gasteiger partial charge >= 0.3 is 5.69 Å². The predicted molar refractivity (Wildman–Crippen MR) is 74.8 cm³/mol. The van der Waals surface area contributed by atoms with Crippen LogP contribution in [0, 0.1) is 15.9 Å². The summed E-state index contributed by atoms with van der Waals surface area (Å²) in [6, 6.07) is 4.04. The van der Waals surface area contributed by atoms with Gasteiger partial charge in [-0.2, -0.15) is 0 Å². The van der Waals surface area contributed by atoms with Crippen molar-refractivity contribution in [1.82, 2.24) is 9.97 Å². The van der Waals surface area contributed by atoms with Gasteiger partial charge in [-0.05, 0) is 25.1 Å². The van der Waals surface area contributed by atoms with Crippen molar-refractivity contribution >= 4 is 11.6 Å². The fourth-order valence-corrected chi connectivity index (χ4v) is 1.78. The molecule has 0 atom stereocenters. The molecule has 21 heavy (non-hydrogen) atoms. The van der Waals surface area contributed by atoms with Gasteiger partial charge in [-0.15, -0.1) is 0 Å². The van der Waals surface area contributed by atoms with Crippen LogP contribution in [0.2, 0.25) is 0 Å². The Kier molecular flexibility index (Phi) is 4.27.